The first-order valence-electron chi connectivity index (χ1n) is 12.2. The zero-order valence-electron chi connectivity index (χ0n) is 21.8. The van der Waals surface area contributed by atoms with Crippen molar-refractivity contribution in [1.29, 1.82) is 0 Å². The van der Waals surface area contributed by atoms with Gasteiger partial charge in [-0.25, -0.2) is 4.39 Å². The van der Waals surface area contributed by atoms with Gasteiger partial charge in [0, 0.05) is 64.0 Å². The third-order valence-electron chi connectivity index (χ3n) is 6.36. The smallest absolute Gasteiger partial charge is 0.251 e. The average Bonchev–Trinajstić information content (AvgIpc) is 3.22. The van der Waals surface area contributed by atoms with Crippen LogP contribution < -0.4 is 5.32 Å². The number of carbonyl (C=O) groups excluding carboxylic acids is 1. The Labute approximate surface area is 226 Å². The minimum atomic E-state index is -1.10. The van der Waals surface area contributed by atoms with Crippen LogP contribution in [0.4, 0.5) is 4.39 Å². The number of hydrogen-bond acceptors (Lipinski definition) is 4. The molecule has 0 saturated carbocycles. The summed E-state index contributed by atoms with van der Waals surface area (Å²) < 4.78 is 14.5. The van der Waals surface area contributed by atoms with Crippen LogP contribution in [0.5, 0.6) is 0 Å². The number of aromatic amines is 1. The second kappa shape index (κ2) is 10.9. The van der Waals surface area contributed by atoms with Gasteiger partial charge in [-0.2, -0.15) is 0 Å². The number of fused-ring (bicyclic) bond motifs is 2. The first-order valence-corrected chi connectivity index (χ1v) is 12.6. The number of aromatic nitrogens is 2. The molecule has 2 aromatic carbocycles. The third-order valence-corrected chi connectivity index (χ3v) is 6.67. The van der Waals surface area contributed by atoms with Crippen LogP contribution in [0.1, 0.15) is 43.0 Å². The molecule has 196 valence electrons. The van der Waals surface area contributed by atoms with Gasteiger partial charge in [0.15, 0.2) is 0 Å². The highest BCUT2D eigenvalue weighted by molar-refractivity contribution is 6.35. The van der Waals surface area contributed by atoms with Crippen molar-refractivity contribution in [3.05, 3.63) is 99.2 Å². The molecule has 3 N–H and O–H groups in total. The molecule has 2 aromatic heterocycles. The van der Waals surface area contributed by atoms with E-state index in [-0.39, 0.29) is 12.5 Å². The number of nitrogens with zero attached hydrogens (tertiary/aromatic N) is 2. The number of carbonyl (C=O) groups is 1. The lowest BCUT2D eigenvalue weighted by molar-refractivity contribution is -0.117. The number of H-pyrrole nitrogens is 1. The quantitative estimate of drug-likeness (QED) is 0.139. The highest BCUT2D eigenvalue weighted by Gasteiger charge is 2.21. The maximum Gasteiger partial charge on any atom is 0.251 e. The molecule has 0 unspecified atom stereocenters. The van der Waals surface area contributed by atoms with Gasteiger partial charge in [-0.05, 0) is 75.9 Å². The predicted octanol–water partition coefficient (Wildman–Crippen LogP) is 6.43. The number of rotatable bonds is 8. The van der Waals surface area contributed by atoms with Gasteiger partial charge in [0.1, 0.15) is 5.82 Å². The van der Waals surface area contributed by atoms with Gasteiger partial charge >= 0.3 is 0 Å². The van der Waals surface area contributed by atoms with E-state index in [0.717, 1.165) is 22.0 Å². The van der Waals surface area contributed by atoms with E-state index in [0.29, 0.717) is 44.7 Å². The Balaban J connectivity index is 1.56. The van der Waals surface area contributed by atoms with Crippen molar-refractivity contribution in [3.63, 3.8) is 0 Å². The number of hydrogen-bond donors (Lipinski definition) is 3. The lowest BCUT2D eigenvalue weighted by Crippen LogP contribution is -2.24. The first kappa shape index (κ1) is 27.2. The molecule has 0 spiro atoms. The van der Waals surface area contributed by atoms with Crippen LogP contribution in [0, 0.1) is 12.7 Å². The molecule has 1 amide bonds. The summed E-state index contributed by atoms with van der Waals surface area (Å²) in [6.45, 7) is 10.8. The summed E-state index contributed by atoms with van der Waals surface area (Å²) in [6.07, 6.45) is 7.09. The topological polar surface area (TPSA) is 90.4 Å². The van der Waals surface area contributed by atoms with Crippen molar-refractivity contribution in [3.8, 4) is 0 Å². The zero-order valence-corrected chi connectivity index (χ0v) is 22.6. The Hall–Kier alpha value is -3.81. The second-order valence-corrected chi connectivity index (χ2v) is 10.2. The summed E-state index contributed by atoms with van der Waals surface area (Å²) in [7, 11) is 0. The fourth-order valence-electron chi connectivity index (χ4n) is 4.38. The number of allylic oxidation sites excluding steroid dienone is 2. The minimum Gasteiger partial charge on any atom is -0.386 e. The van der Waals surface area contributed by atoms with E-state index < -0.39 is 11.4 Å². The molecule has 6 nitrogen and oxygen atoms in total. The number of aliphatic imine (C=N–C) groups is 1. The Morgan fingerprint density at radius 3 is 2.74 bits per heavy atom. The number of aliphatic hydroxyl groups is 1. The number of aryl methyl sites for hydroxylation is 1. The van der Waals surface area contributed by atoms with Crippen LogP contribution in [-0.4, -0.2) is 27.7 Å². The molecule has 0 aliphatic carbocycles. The Bertz CT molecular complexity index is 1610. The molecule has 4 rings (SSSR count). The molecule has 0 fully saturated rings. The molecule has 38 heavy (non-hydrogen) atoms. The molecule has 0 atom stereocenters. The van der Waals surface area contributed by atoms with E-state index in [9.17, 15) is 14.3 Å². The van der Waals surface area contributed by atoms with E-state index >= 15 is 0 Å². The lowest BCUT2D eigenvalue weighted by Gasteiger charge is -2.21. The summed E-state index contributed by atoms with van der Waals surface area (Å²) >= 11 is 6.16. The first-order chi connectivity index (χ1) is 18.0. The van der Waals surface area contributed by atoms with Crippen molar-refractivity contribution in [1.82, 2.24) is 15.3 Å². The maximum absolute atomic E-state index is 14.5. The molecule has 0 radical (unpaired) electrons. The number of nitrogens with one attached hydrogen (secondary N) is 2. The van der Waals surface area contributed by atoms with Crippen molar-refractivity contribution in [2.75, 3.05) is 0 Å². The number of benzene rings is 2. The van der Waals surface area contributed by atoms with E-state index in [1.165, 1.54) is 6.07 Å². The number of halogens is 2. The van der Waals surface area contributed by atoms with Gasteiger partial charge < -0.3 is 15.4 Å². The molecule has 0 saturated heterocycles. The molecule has 0 aliphatic heterocycles. The summed E-state index contributed by atoms with van der Waals surface area (Å²) in [4.78, 5) is 24.6. The van der Waals surface area contributed by atoms with E-state index in [2.05, 4.69) is 27.0 Å². The fourth-order valence-corrected chi connectivity index (χ4v) is 4.59. The molecule has 0 bridgehead atoms. The molecule has 0 aliphatic rings. The second-order valence-electron chi connectivity index (χ2n) is 9.81. The van der Waals surface area contributed by atoms with E-state index in [1.54, 1.807) is 51.4 Å². The van der Waals surface area contributed by atoms with Gasteiger partial charge in [-0.3, -0.25) is 14.8 Å². The summed E-state index contributed by atoms with van der Waals surface area (Å²) in [5.74, 6) is -0.810. The Morgan fingerprint density at radius 1 is 1.29 bits per heavy atom. The largest absolute Gasteiger partial charge is 0.386 e. The summed E-state index contributed by atoms with van der Waals surface area (Å²) in [5, 5.41) is 15.6. The van der Waals surface area contributed by atoms with Crippen molar-refractivity contribution < 1.29 is 14.3 Å². The number of pyridine rings is 1. The Morgan fingerprint density at radius 2 is 2.05 bits per heavy atom. The van der Waals surface area contributed by atoms with Gasteiger partial charge in [0.2, 0.25) is 0 Å². The standard InChI is InChI=1S/C30H30ClFN4O2/c1-6-19(29(37)36-15-21-12-23-25(31)16-34-27(23)13-26(21)32)11-22(33-5)9-18-8-20-7-17(2)14-35-28(20)24(10-18)30(3,4)38/h6-8,10-14,16,34,38H,5,9,15H2,1-4H3,(H,36,37)/b19-6+,22-11-. The van der Waals surface area contributed by atoms with Crippen LogP contribution >= 0.6 is 11.6 Å². The van der Waals surface area contributed by atoms with Gasteiger partial charge in [0.05, 0.1) is 16.1 Å². The number of amides is 1. The predicted molar refractivity (Wildman–Crippen MR) is 152 cm³/mol. The van der Waals surface area contributed by atoms with E-state index in [4.69, 9.17) is 11.6 Å². The molecule has 4 aromatic rings. The maximum atomic E-state index is 14.5. The van der Waals surface area contributed by atoms with Crippen molar-refractivity contribution >= 4 is 46.0 Å². The normalized spacial score (nSPS) is 12.8. The summed E-state index contributed by atoms with van der Waals surface area (Å²) in [6, 6.07) is 8.92. The van der Waals surface area contributed by atoms with E-state index in [1.807, 2.05) is 25.1 Å². The molecular weight excluding hydrogens is 503 g/mol. The fraction of sp³-hybridized carbons (Fsp3) is 0.233. The van der Waals surface area contributed by atoms with Crippen molar-refractivity contribution in [2.24, 2.45) is 4.99 Å². The van der Waals surface area contributed by atoms with Crippen LogP contribution in [0.2, 0.25) is 5.02 Å². The highest BCUT2D eigenvalue weighted by Crippen LogP contribution is 2.30. The average molecular weight is 533 g/mol. The highest BCUT2D eigenvalue weighted by atomic mass is 35.5. The molecule has 2 heterocycles. The third kappa shape index (κ3) is 5.85. The molecular formula is C30H30ClFN4O2. The SMILES string of the molecule is C=N/C(=C\C(=C/C)C(=O)NCc1cc2c(Cl)c[nH]c2cc1F)Cc1cc(C(C)(C)O)c2ncc(C)cc2c1. The van der Waals surface area contributed by atoms with Crippen LogP contribution in [0.3, 0.4) is 0 Å². The van der Waals surface area contributed by atoms with Gasteiger partial charge in [-0.1, -0.05) is 23.7 Å². The van der Waals surface area contributed by atoms with Crippen LogP contribution in [0.25, 0.3) is 21.8 Å². The zero-order chi connectivity index (χ0) is 27.6. The molecule has 8 heteroatoms. The monoisotopic (exact) mass is 532 g/mol. The summed E-state index contributed by atoms with van der Waals surface area (Å²) in [5.41, 5.74) is 4.12. The lowest BCUT2D eigenvalue weighted by atomic mass is 9.91. The van der Waals surface area contributed by atoms with Crippen LogP contribution in [-0.2, 0) is 23.4 Å². The van der Waals surface area contributed by atoms with Crippen LogP contribution in [0.15, 0.2) is 71.1 Å². The Kier molecular flexibility index (Phi) is 7.81. The van der Waals surface area contributed by atoms with Gasteiger partial charge in [0.25, 0.3) is 5.91 Å². The minimum absolute atomic E-state index is 0.00385. The van der Waals surface area contributed by atoms with Crippen molar-refractivity contribution in [2.45, 2.75) is 46.3 Å². The van der Waals surface area contributed by atoms with Gasteiger partial charge in [-0.15, -0.1) is 0 Å².